The Morgan fingerprint density at radius 1 is 0.913 bits per heavy atom. The number of likely N-dealkylation sites (tertiary alicyclic amines) is 1. The van der Waals surface area contributed by atoms with E-state index < -0.39 is 41.7 Å². The van der Waals surface area contributed by atoms with Gasteiger partial charge in [-0.2, -0.15) is 0 Å². The fourth-order valence-corrected chi connectivity index (χ4v) is 6.30. The number of phenols is 1. The molecule has 0 bridgehead atoms. The molecule has 1 amide bonds. The predicted octanol–water partition coefficient (Wildman–Crippen LogP) is 5.78. The second-order valence-electron chi connectivity index (χ2n) is 11.8. The van der Waals surface area contributed by atoms with Gasteiger partial charge in [0.2, 0.25) is 0 Å². The van der Waals surface area contributed by atoms with E-state index in [1.54, 1.807) is 24.3 Å². The molecule has 3 heterocycles. The van der Waals surface area contributed by atoms with E-state index in [2.05, 4.69) is 5.32 Å². The molecule has 0 aliphatic carbocycles. The normalized spacial score (nSPS) is 25.5. The zero-order valence-electron chi connectivity index (χ0n) is 25.5. The fraction of sp³-hybridized carbons (Fsp3) is 0.441. The maximum atomic E-state index is 15.0. The highest BCUT2D eigenvalue weighted by Gasteiger charge is 2.40. The number of hydroxylamine groups is 2. The number of aromatic hydroxyl groups is 1. The molecular formula is C34H38F5N3O4. The number of alkyl halides is 2. The van der Waals surface area contributed by atoms with Gasteiger partial charge in [0.25, 0.3) is 5.91 Å². The van der Waals surface area contributed by atoms with Crippen LogP contribution in [0.5, 0.6) is 11.5 Å². The van der Waals surface area contributed by atoms with E-state index >= 15 is 0 Å². The Morgan fingerprint density at radius 3 is 2.26 bits per heavy atom. The molecule has 3 aromatic carbocycles. The third-order valence-electron chi connectivity index (χ3n) is 8.83. The molecule has 3 fully saturated rings. The molecule has 6 rings (SSSR count). The summed E-state index contributed by atoms with van der Waals surface area (Å²) in [5.74, 6) is -2.74. The van der Waals surface area contributed by atoms with Crippen molar-refractivity contribution >= 4 is 5.91 Å². The lowest BCUT2D eigenvalue weighted by molar-refractivity contribution is -0.212. The number of amides is 1. The summed E-state index contributed by atoms with van der Waals surface area (Å²) < 4.78 is 73.6. The molecule has 0 saturated carbocycles. The van der Waals surface area contributed by atoms with E-state index in [1.807, 2.05) is 4.90 Å². The topological polar surface area (TPSA) is 74.3 Å². The first kappa shape index (κ1) is 33.6. The van der Waals surface area contributed by atoms with Crippen LogP contribution in [0.25, 0.3) is 0 Å². The molecule has 12 heteroatoms. The lowest BCUT2D eigenvalue weighted by Gasteiger charge is -2.42. The standard InChI is InChI=1S/C22H23F3N2O3.C12H15F2NO/c23-16-4-1-14(2-5-16)12-27-22(29)20(8-10-30-27)26-9-7-17(19(25)13-26)15-3-6-21(28)18(24)11-15;1-16-12-3-2-8(6-10(12)13)9-4-5-15-7-11(9)14/h1-6,11,17,19-20,28H,7-10,12-13H2;2-3,6,9,11,15H,4-5,7H2,1H3. The molecule has 0 spiro atoms. The molecule has 3 saturated heterocycles. The monoisotopic (exact) mass is 647 g/mol. The summed E-state index contributed by atoms with van der Waals surface area (Å²) in [6.07, 6.45) is -0.601. The number of nitrogens with one attached hydrogen (secondary N) is 1. The van der Waals surface area contributed by atoms with Crippen LogP contribution in [0.15, 0.2) is 60.7 Å². The summed E-state index contributed by atoms with van der Waals surface area (Å²) >= 11 is 0. The van der Waals surface area contributed by atoms with Gasteiger partial charge < -0.3 is 15.2 Å². The Morgan fingerprint density at radius 2 is 1.61 bits per heavy atom. The number of phenolic OH excluding ortho intramolecular Hbond substituents is 1. The number of hydrogen-bond acceptors (Lipinski definition) is 6. The number of rotatable bonds is 6. The highest BCUT2D eigenvalue weighted by molar-refractivity contribution is 5.81. The maximum absolute atomic E-state index is 15.0. The van der Waals surface area contributed by atoms with Crippen LogP contribution in [0.4, 0.5) is 22.0 Å². The van der Waals surface area contributed by atoms with E-state index in [4.69, 9.17) is 9.57 Å². The minimum atomic E-state index is -1.26. The fourth-order valence-electron chi connectivity index (χ4n) is 6.30. The van der Waals surface area contributed by atoms with Gasteiger partial charge in [0.1, 0.15) is 18.2 Å². The number of halogens is 5. The van der Waals surface area contributed by atoms with Crippen molar-refractivity contribution in [3.8, 4) is 11.5 Å². The Hall–Kier alpha value is -3.74. The Bertz CT molecular complexity index is 1480. The van der Waals surface area contributed by atoms with E-state index in [9.17, 15) is 31.9 Å². The van der Waals surface area contributed by atoms with Gasteiger partial charge in [-0.3, -0.25) is 14.5 Å². The first-order valence-corrected chi connectivity index (χ1v) is 15.4. The zero-order chi connectivity index (χ0) is 32.8. The molecule has 2 N–H and O–H groups in total. The highest BCUT2D eigenvalue weighted by atomic mass is 19.1. The molecule has 3 aliphatic rings. The summed E-state index contributed by atoms with van der Waals surface area (Å²) in [7, 11) is 1.42. The van der Waals surface area contributed by atoms with Crippen molar-refractivity contribution in [2.24, 2.45) is 0 Å². The van der Waals surface area contributed by atoms with Crippen LogP contribution in [-0.4, -0.2) is 79.3 Å². The van der Waals surface area contributed by atoms with E-state index in [-0.39, 0.29) is 36.5 Å². The summed E-state index contributed by atoms with van der Waals surface area (Å²) in [5, 5.41) is 13.6. The highest BCUT2D eigenvalue weighted by Crippen LogP contribution is 2.34. The van der Waals surface area contributed by atoms with Gasteiger partial charge in [0, 0.05) is 24.9 Å². The van der Waals surface area contributed by atoms with Gasteiger partial charge in [0.05, 0.1) is 26.3 Å². The van der Waals surface area contributed by atoms with Crippen LogP contribution in [0.3, 0.4) is 0 Å². The second kappa shape index (κ2) is 15.2. The number of methoxy groups -OCH3 is 1. The van der Waals surface area contributed by atoms with Crippen molar-refractivity contribution in [1.82, 2.24) is 15.3 Å². The van der Waals surface area contributed by atoms with Crippen LogP contribution in [0.2, 0.25) is 0 Å². The van der Waals surface area contributed by atoms with Crippen molar-refractivity contribution in [3.05, 3.63) is 94.8 Å². The van der Waals surface area contributed by atoms with Gasteiger partial charge in [-0.15, -0.1) is 0 Å². The van der Waals surface area contributed by atoms with Crippen LogP contribution in [0, 0.1) is 17.5 Å². The van der Waals surface area contributed by atoms with Crippen LogP contribution in [0.1, 0.15) is 47.8 Å². The van der Waals surface area contributed by atoms with E-state index in [0.29, 0.717) is 50.1 Å². The van der Waals surface area contributed by atoms with Crippen LogP contribution in [-0.2, 0) is 16.2 Å². The van der Waals surface area contributed by atoms with Crippen LogP contribution >= 0.6 is 0 Å². The number of benzene rings is 3. The largest absolute Gasteiger partial charge is 0.505 e. The summed E-state index contributed by atoms with van der Waals surface area (Å²) in [4.78, 5) is 20.2. The maximum Gasteiger partial charge on any atom is 0.263 e. The van der Waals surface area contributed by atoms with Gasteiger partial charge in [-0.1, -0.05) is 24.3 Å². The Labute approximate surface area is 264 Å². The van der Waals surface area contributed by atoms with Crippen molar-refractivity contribution in [3.63, 3.8) is 0 Å². The van der Waals surface area contributed by atoms with Crippen molar-refractivity contribution in [1.29, 1.82) is 0 Å². The number of hydrogen-bond donors (Lipinski definition) is 2. The third kappa shape index (κ3) is 7.97. The average Bonchev–Trinajstić information content (AvgIpc) is 3.05. The SMILES string of the molecule is COc1ccc(C2CCNCC2F)cc1F.O=C1C(N2CCC(c3ccc(O)c(F)c3)C(F)C2)CCON1Cc1ccc(F)cc1. The van der Waals surface area contributed by atoms with Crippen molar-refractivity contribution < 1.29 is 41.4 Å². The van der Waals surface area contributed by atoms with Gasteiger partial charge in [-0.05, 0) is 85.4 Å². The van der Waals surface area contributed by atoms with Gasteiger partial charge in [-0.25, -0.2) is 27.0 Å². The number of carbonyl (C=O) groups excluding carboxylic acids is 1. The quantitative estimate of drug-likeness (QED) is 0.331. The summed E-state index contributed by atoms with van der Waals surface area (Å²) in [5.41, 5.74) is 1.96. The zero-order valence-corrected chi connectivity index (χ0v) is 25.5. The molecule has 7 nitrogen and oxygen atoms in total. The van der Waals surface area contributed by atoms with Gasteiger partial charge in [0.15, 0.2) is 23.1 Å². The molecule has 0 radical (unpaired) electrons. The number of ether oxygens (including phenoxy) is 1. The van der Waals surface area contributed by atoms with Crippen molar-refractivity contribution in [2.75, 3.05) is 39.9 Å². The number of carbonyl (C=O) groups is 1. The molecule has 5 atom stereocenters. The first-order valence-electron chi connectivity index (χ1n) is 15.4. The summed E-state index contributed by atoms with van der Waals surface area (Å²) in [6.45, 7) is 2.20. The smallest absolute Gasteiger partial charge is 0.263 e. The van der Waals surface area contributed by atoms with Crippen molar-refractivity contribution in [2.45, 2.75) is 56.0 Å². The second-order valence-corrected chi connectivity index (χ2v) is 11.8. The van der Waals surface area contributed by atoms with Crippen LogP contribution < -0.4 is 10.1 Å². The Kier molecular flexibility index (Phi) is 11.1. The number of piperidine rings is 2. The third-order valence-corrected chi connectivity index (χ3v) is 8.83. The molecule has 3 aromatic rings. The minimum absolute atomic E-state index is 0.0634. The average molecular weight is 648 g/mol. The molecule has 0 aromatic heterocycles. The number of nitrogens with zero attached hydrogens (tertiary/aromatic N) is 2. The van der Waals surface area contributed by atoms with Gasteiger partial charge >= 0.3 is 0 Å². The minimum Gasteiger partial charge on any atom is -0.505 e. The summed E-state index contributed by atoms with van der Waals surface area (Å²) in [6, 6.07) is 14.0. The Balaban J connectivity index is 0.000000219. The molecule has 248 valence electrons. The predicted molar refractivity (Wildman–Crippen MR) is 161 cm³/mol. The molecule has 46 heavy (non-hydrogen) atoms. The lowest BCUT2D eigenvalue weighted by atomic mass is 9.87. The van der Waals surface area contributed by atoms with E-state index in [0.717, 1.165) is 12.1 Å². The molecule has 3 aliphatic heterocycles. The van der Waals surface area contributed by atoms with E-state index in [1.165, 1.54) is 48.6 Å². The lowest BCUT2D eigenvalue weighted by Crippen LogP contribution is -2.56. The molecular weight excluding hydrogens is 609 g/mol. The molecule has 5 unspecified atom stereocenters. The first-order chi connectivity index (χ1) is 22.1.